The summed E-state index contributed by atoms with van der Waals surface area (Å²) >= 11 is 0. The lowest BCUT2D eigenvalue weighted by Crippen LogP contribution is -2.24. The summed E-state index contributed by atoms with van der Waals surface area (Å²) in [6, 6.07) is 21.4. The molecule has 0 radical (unpaired) electrons. The minimum atomic E-state index is -0.448. The Morgan fingerprint density at radius 3 is 2.23 bits per heavy atom. The van der Waals surface area contributed by atoms with Crippen LogP contribution in [0.4, 0.5) is 21.9 Å². The monoisotopic (exact) mass is 344 g/mol. The lowest BCUT2D eigenvalue weighted by molar-refractivity contribution is 0.252. The number of carbonyl (C=O) groups is 1. The Balaban J connectivity index is 1.51. The zero-order chi connectivity index (χ0) is 18.0. The third-order valence-electron chi connectivity index (χ3n) is 3.21. The molecular weight excluding hydrogens is 328 g/mol. The summed E-state index contributed by atoms with van der Waals surface area (Å²) in [6.07, 6.45) is 3.12. The summed E-state index contributed by atoms with van der Waals surface area (Å²) in [7, 11) is 0. The van der Waals surface area contributed by atoms with Crippen LogP contribution in [0, 0.1) is 0 Å². The standard InChI is InChI=1S/C19H16N6O/c26-19(25-21-14-18-8-4-5-13-20-18)22-15-9-11-17(12-10-15)24-23-16-6-2-1-3-7-16/h1-14H,(H2,22,25,26)/b21-14-,24-23?. The van der Waals surface area contributed by atoms with Crippen molar-refractivity contribution in [3.63, 3.8) is 0 Å². The number of aromatic nitrogens is 1. The minimum absolute atomic E-state index is 0.448. The number of urea groups is 1. The number of azo groups is 1. The molecule has 0 saturated heterocycles. The number of nitrogens with one attached hydrogen (secondary N) is 2. The molecule has 7 heteroatoms. The zero-order valence-electron chi connectivity index (χ0n) is 13.8. The molecule has 0 spiro atoms. The molecule has 0 aliphatic carbocycles. The van der Waals surface area contributed by atoms with Gasteiger partial charge in [-0.05, 0) is 48.5 Å². The van der Waals surface area contributed by atoms with Gasteiger partial charge >= 0.3 is 6.03 Å². The van der Waals surface area contributed by atoms with Gasteiger partial charge in [0, 0.05) is 11.9 Å². The van der Waals surface area contributed by atoms with Crippen LogP contribution in [-0.4, -0.2) is 17.2 Å². The van der Waals surface area contributed by atoms with Crippen molar-refractivity contribution in [2.45, 2.75) is 0 Å². The Labute approximate surface area is 150 Å². The molecule has 3 aromatic rings. The predicted octanol–water partition coefficient (Wildman–Crippen LogP) is 4.65. The van der Waals surface area contributed by atoms with E-state index in [1.807, 2.05) is 36.4 Å². The highest BCUT2D eigenvalue weighted by atomic mass is 16.2. The van der Waals surface area contributed by atoms with Crippen LogP contribution in [0.1, 0.15) is 5.69 Å². The Morgan fingerprint density at radius 2 is 1.54 bits per heavy atom. The lowest BCUT2D eigenvalue weighted by atomic mass is 10.3. The van der Waals surface area contributed by atoms with Crippen LogP contribution in [0.25, 0.3) is 0 Å². The van der Waals surface area contributed by atoms with Crippen LogP contribution in [0.3, 0.4) is 0 Å². The fraction of sp³-hybridized carbons (Fsp3) is 0. The number of hydrogen-bond acceptors (Lipinski definition) is 5. The Kier molecular flexibility index (Phi) is 5.77. The van der Waals surface area contributed by atoms with E-state index in [9.17, 15) is 4.79 Å². The first-order valence-corrected chi connectivity index (χ1v) is 7.87. The number of anilines is 1. The maximum atomic E-state index is 11.8. The molecule has 0 saturated carbocycles. The van der Waals surface area contributed by atoms with Gasteiger partial charge in [-0.2, -0.15) is 15.3 Å². The lowest BCUT2D eigenvalue weighted by Gasteiger charge is -2.04. The van der Waals surface area contributed by atoms with Crippen LogP contribution in [0.15, 0.2) is 94.3 Å². The van der Waals surface area contributed by atoms with Crippen molar-refractivity contribution in [1.29, 1.82) is 0 Å². The largest absolute Gasteiger partial charge is 0.339 e. The Bertz CT molecular complexity index is 892. The minimum Gasteiger partial charge on any atom is -0.307 e. The molecule has 0 unspecified atom stereocenters. The summed E-state index contributed by atoms with van der Waals surface area (Å²) in [5.74, 6) is 0. The number of pyridine rings is 1. The summed E-state index contributed by atoms with van der Waals surface area (Å²) in [5.41, 5.74) is 5.12. The number of hydrazone groups is 1. The van der Waals surface area contributed by atoms with Gasteiger partial charge in [0.1, 0.15) is 0 Å². The first-order valence-electron chi connectivity index (χ1n) is 7.87. The molecular formula is C19H16N6O. The van der Waals surface area contributed by atoms with Crippen molar-refractivity contribution in [3.8, 4) is 0 Å². The molecule has 0 atom stereocenters. The van der Waals surface area contributed by atoms with E-state index in [0.29, 0.717) is 17.1 Å². The highest BCUT2D eigenvalue weighted by Gasteiger charge is 2.00. The van der Waals surface area contributed by atoms with Gasteiger partial charge in [-0.3, -0.25) is 4.98 Å². The van der Waals surface area contributed by atoms with Gasteiger partial charge in [0.15, 0.2) is 0 Å². The van der Waals surface area contributed by atoms with Gasteiger partial charge in [0.25, 0.3) is 0 Å². The molecule has 0 bridgehead atoms. The zero-order valence-corrected chi connectivity index (χ0v) is 13.8. The molecule has 3 rings (SSSR count). The number of carbonyl (C=O) groups excluding carboxylic acids is 1. The van der Waals surface area contributed by atoms with Gasteiger partial charge in [-0.15, -0.1) is 0 Å². The predicted molar refractivity (Wildman–Crippen MR) is 101 cm³/mol. The van der Waals surface area contributed by atoms with Crippen LogP contribution in [-0.2, 0) is 0 Å². The van der Waals surface area contributed by atoms with Gasteiger partial charge in [-0.25, -0.2) is 10.2 Å². The molecule has 7 nitrogen and oxygen atoms in total. The maximum absolute atomic E-state index is 11.8. The fourth-order valence-corrected chi connectivity index (χ4v) is 1.99. The van der Waals surface area contributed by atoms with Gasteiger partial charge in [0.05, 0.1) is 23.3 Å². The van der Waals surface area contributed by atoms with E-state index in [1.165, 1.54) is 6.21 Å². The van der Waals surface area contributed by atoms with E-state index in [4.69, 9.17) is 0 Å². The highest BCUT2D eigenvalue weighted by Crippen LogP contribution is 2.19. The molecule has 128 valence electrons. The van der Waals surface area contributed by atoms with Crippen molar-refractivity contribution in [3.05, 3.63) is 84.7 Å². The fourth-order valence-electron chi connectivity index (χ4n) is 1.99. The molecule has 0 aliphatic rings. The number of rotatable bonds is 5. The summed E-state index contributed by atoms with van der Waals surface area (Å²) in [5, 5.41) is 14.8. The first kappa shape index (κ1) is 17.0. The van der Waals surface area contributed by atoms with Crippen LogP contribution >= 0.6 is 0 Å². The molecule has 0 fully saturated rings. The van der Waals surface area contributed by atoms with Crippen molar-refractivity contribution < 1.29 is 4.79 Å². The second kappa shape index (κ2) is 8.84. The van der Waals surface area contributed by atoms with Crippen molar-refractivity contribution in [2.24, 2.45) is 15.3 Å². The maximum Gasteiger partial charge on any atom is 0.339 e. The summed E-state index contributed by atoms with van der Waals surface area (Å²) in [4.78, 5) is 15.9. The van der Waals surface area contributed by atoms with E-state index in [1.54, 1.807) is 42.6 Å². The Hall–Kier alpha value is -3.87. The van der Waals surface area contributed by atoms with E-state index >= 15 is 0 Å². The average Bonchev–Trinajstić information content (AvgIpc) is 2.69. The topological polar surface area (TPSA) is 91.1 Å². The second-order valence-corrected chi connectivity index (χ2v) is 5.16. The highest BCUT2D eigenvalue weighted by molar-refractivity contribution is 5.90. The quantitative estimate of drug-likeness (QED) is 0.400. The van der Waals surface area contributed by atoms with Gasteiger partial charge in [-0.1, -0.05) is 24.3 Å². The smallest absolute Gasteiger partial charge is 0.307 e. The normalized spacial score (nSPS) is 10.9. The number of amides is 2. The molecule has 0 aliphatic heterocycles. The molecule has 1 heterocycles. The van der Waals surface area contributed by atoms with Crippen LogP contribution in [0.5, 0.6) is 0 Å². The van der Waals surface area contributed by atoms with Crippen molar-refractivity contribution >= 4 is 29.3 Å². The third kappa shape index (κ3) is 5.34. The molecule has 26 heavy (non-hydrogen) atoms. The van der Waals surface area contributed by atoms with Gasteiger partial charge in [0.2, 0.25) is 0 Å². The number of nitrogens with zero attached hydrogens (tertiary/aromatic N) is 4. The summed E-state index contributed by atoms with van der Waals surface area (Å²) in [6.45, 7) is 0. The average molecular weight is 344 g/mol. The molecule has 2 aromatic carbocycles. The third-order valence-corrected chi connectivity index (χ3v) is 3.21. The number of hydrogen-bond donors (Lipinski definition) is 2. The van der Waals surface area contributed by atoms with Crippen LogP contribution < -0.4 is 10.7 Å². The number of benzene rings is 2. The van der Waals surface area contributed by atoms with E-state index in [2.05, 4.69) is 31.1 Å². The van der Waals surface area contributed by atoms with Crippen molar-refractivity contribution in [1.82, 2.24) is 10.4 Å². The summed E-state index contributed by atoms with van der Waals surface area (Å²) < 4.78 is 0. The SMILES string of the molecule is O=C(N/N=C\c1ccccn1)Nc1ccc(N=Nc2ccccc2)cc1. The van der Waals surface area contributed by atoms with Crippen LogP contribution in [0.2, 0.25) is 0 Å². The van der Waals surface area contributed by atoms with E-state index in [0.717, 1.165) is 5.69 Å². The van der Waals surface area contributed by atoms with E-state index < -0.39 is 6.03 Å². The molecule has 2 amide bonds. The van der Waals surface area contributed by atoms with Gasteiger partial charge < -0.3 is 5.32 Å². The van der Waals surface area contributed by atoms with E-state index in [-0.39, 0.29) is 0 Å². The molecule has 2 N–H and O–H groups in total. The molecule has 1 aromatic heterocycles. The van der Waals surface area contributed by atoms with Crippen molar-refractivity contribution in [2.75, 3.05) is 5.32 Å². The Morgan fingerprint density at radius 1 is 0.846 bits per heavy atom. The first-order chi connectivity index (χ1) is 12.8. The second-order valence-electron chi connectivity index (χ2n) is 5.16.